The number of carbonyl (C=O) groups excluding carboxylic acids is 1. The number of carbonyl (C=O) groups is 1. The van der Waals surface area contributed by atoms with Gasteiger partial charge < -0.3 is 9.26 Å². The van der Waals surface area contributed by atoms with Crippen LogP contribution < -0.4 is 9.26 Å². The summed E-state index contributed by atoms with van der Waals surface area (Å²) in [5, 5.41) is 0.394. The van der Waals surface area contributed by atoms with Crippen LogP contribution in [0.2, 0.25) is 5.02 Å². The first-order valence-electron chi connectivity index (χ1n) is 9.49. The average Bonchev–Trinajstić information content (AvgIpc) is 2.67. The van der Waals surface area contributed by atoms with Crippen molar-refractivity contribution >= 4 is 25.1 Å². The molecule has 0 aliphatic carbocycles. The highest BCUT2D eigenvalue weighted by molar-refractivity contribution is 7.54. The zero-order valence-electron chi connectivity index (χ0n) is 18.8. The predicted molar refractivity (Wildman–Crippen MR) is 123 cm³/mol. The van der Waals surface area contributed by atoms with E-state index < -0.39 is 13.1 Å². The molecule has 0 atom stereocenters. The Bertz CT molecular complexity index is 954. The van der Waals surface area contributed by atoms with E-state index in [1.807, 2.05) is 45.0 Å². The summed E-state index contributed by atoms with van der Waals surface area (Å²) in [6.07, 6.45) is 0. The fourth-order valence-corrected chi connectivity index (χ4v) is 4.58. The van der Waals surface area contributed by atoms with Gasteiger partial charge in [0.05, 0.1) is 12.7 Å². The lowest BCUT2D eigenvalue weighted by molar-refractivity contribution is 0.0856. The van der Waals surface area contributed by atoms with Gasteiger partial charge in [-0.1, -0.05) is 44.5 Å². The first-order valence-corrected chi connectivity index (χ1v) is 11.4. The van der Waals surface area contributed by atoms with Crippen molar-refractivity contribution in [2.75, 3.05) is 35.3 Å². The molecule has 0 fully saturated rings. The second-order valence-corrected chi connectivity index (χ2v) is 11.6. The van der Waals surface area contributed by atoms with E-state index in [4.69, 9.17) is 20.9 Å². The van der Waals surface area contributed by atoms with Gasteiger partial charge in [-0.05, 0) is 58.0 Å². The van der Waals surface area contributed by atoms with Gasteiger partial charge in [-0.25, -0.2) is 13.9 Å². The number of halogens is 1. The number of hydrogen-bond donors (Lipinski definition) is 0. The van der Waals surface area contributed by atoms with E-state index in [9.17, 15) is 9.36 Å². The van der Waals surface area contributed by atoms with Gasteiger partial charge in [0.2, 0.25) is 0 Å². The first-order chi connectivity index (χ1) is 13.8. The zero-order chi connectivity index (χ0) is 22.9. The van der Waals surface area contributed by atoms with Crippen molar-refractivity contribution in [2.24, 2.45) is 5.41 Å². The smallest absolute Gasteiger partial charge is 0.394 e. The molecule has 0 amide bonds. The molecule has 0 heterocycles. The van der Waals surface area contributed by atoms with Gasteiger partial charge in [-0.2, -0.15) is 0 Å². The molecule has 0 bridgehead atoms. The summed E-state index contributed by atoms with van der Waals surface area (Å²) in [5.41, 5.74) is 0.965. The third-order valence-corrected chi connectivity index (χ3v) is 7.26. The molecule has 2 aromatic carbocycles. The Morgan fingerprint density at radius 3 is 1.97 bits per heavy atom. The quantitative estimate of drug-likeness (QED) is 0.387. The number of ketones is 1. The summed E-state index contributed by atoms with van der Waals surface area (Å²) < 4.78 is 28.1. The van der Waals surface area contributed by atoms with Crippen LogP contribution in [0.1, 0.15) is 31.1 Å². The summed E-state index contributed by atoms with van der Waals surface area (Å²) in [4.78, 5) is 13.3. The molecule has 0 N–H and O–H groups in total. The molecule has 0 aromatic heterocycles. The number of nitrogens with zero attached hydrogens (tertiary/aromatic N) is 2. The van der Waals surface area contributed by atoms with Gasteiger partial charge in [0.15, 0.2) is 5.78 Å². The molecular weight excluding hydrogens is 423 g/mol. The molecule has 0 unspecified atom stereocenters. The van der Waals surface area contributed by atoms with Gasteiger partial charge in [0, 0.05) is 16.0 Å². The van der Waals surface area contributed by atoms with E-state index in [-0.39, 0.29) is 11.5 Å². The van der Waals surface area contributed by atoms with E-state index in [0.717, 1.165) is 5.56 Å². The molecule has 0 aliphatic rings. The topological polar surface area (TPSA) is 59.1 Å². The van der Waals surface area contributed by atoms with Crippen molar-refractivity contribution in [3.8, 4) is 22.6 Å². The lowest BCUT2D eigenvalue weighted by Crippen LogP contribution is -2.26. The molecule has 0 aliphatic heterocycles. The van der Waals surface area contributed by atoms with Crippen molar-refractivity contribution in [3.05, 3.63) is 47.0 Å². The normalized spacial score (nSPS) is 12.4. The maximum absolute atomic E-state index is 13.6. The highest BCUT2D eigenvalue weighted by atomic mass is 35.5. The standard InChI is InChI=1S/C22H30ClN2O4P/c1-22(2,3)21(26)19-14-16(23)13-18(15-9-11-17(28-8)12-10-15)20(19)29-30(27,24(4)5)25(6)7/h9-14H,1-8H3. The highest BCUT2D eigenvalue weighted by Crippen LogP contribution is 2.54. The summed E-state index contributed by atoms with van der Waals surface area (Å²) in [7, 11) is 4.86. The Morgan fingerprint density at radius 2 is 1.53 bits per heavy atom. The largest absolute Gasteiger partial charge is 0.497 e. The van der Waals surface area contributed by atoms with Gasteiger partial charge in [0.1, 0.15) is 11.5 Å². The number of rotatable bonds is 7. The number of hydrogen-bond acceptors (Lipinski definition) is 4. The summed E-state index contributed by atoms with van der Waals surface area (Å²) in [6.45, 7) is 5.47. The van der Waals surface area contributed by atoms with E-state index in [1.54, 1.807) is 47.4 Å². The van der Waals surface area contributed by atoms with Crippen LogP contribution in [0.4, 0.5) is 0 Å². The van der Waals surface area contributed by atoms with Crippen molar-refractivity contribution in [1.29, 1.82) is 0 Å². The molecule has 8 heteroatoms. The molecule has 30 heavy (non-hydrogen) atoms. The fraction of sp³-hybridized carbons (Fsp3) is 0.409. The molecule has 0 spiro atoms. The number of Topliss-reactive ketones (excluding diaryl/α,β-unsaturated/α-hetero) is 1. The van der Waals surface area contributed by atoms with Crippen molar-refractivity contribution in [3.63, 3.8) is 0 Å². The Morgan fingerprint density at radius 1 is 1.00 bits per heavy atom. The molecule has 2 aromatic rings. The molecule has 0 saturated heterocycles. The minimum absolute atomic E-state index is 0.154. The molecule has 2 rings (SSSR count). The van der Waals surface area contributed by atoms with Crippen LogP contribution in [0.5, 0.6) is 11.5 Å². The number of ether oxygens (including phenoxy) is 1. The summed E-state index contributed by atoms with van der Waals surface area (Å²) in [6, 6.07) is 10.6. The van der Waals surface area contributed by atoms with Crippen LogP contribution >= 0.6 is 19.3 Å². The minimum atomic E-state index is -3.44. The first kappa shape index (κ1) is 24.4. The lowest BCUT2D eigenvalue weighted by atomic mass is 9.85. The van der Waals surface area contributed by atoms with Crippen LogP contribution in [-0.4, -0.2) is 50.4 Å². The third kappa shape index (κ3) is 5.06. The van der Waals surface area contributed by atoms with Gasteiger partial charge in [0.25, 0.3) is 0 Å². The van der Waals surface area contributed by atoms with Gasteiger partial charge in [-0.15, -0.1) is 0 Å². The lowest BCUT2D eigenvalue weighted by Gasteiger charge is -2.32. The van der Waals surface area contributed by atoms with Crippen molar-refractivity contribution in [2.45, 2.75) is 20.8 Å². The van der Waals surface area contributed by atoms with Crippen LogP contribution in [-0.2, 0) is 4.57 Å². The highest BCUT2D eigenvalue weighted by Gasteiger charge is 2.36. The van der Waals surface area contributed by atoms with Crippen LogP contribution in [0.15, 0.2) is 36.4 Å². The maximum atomic E-state index is 13.6. The molecule has 0 saturated carbocycles. The van der Waals surface area contributed by atoms with E-state index >= 15 is 0 Å². The van der Waals surface area contributed by atoms with E-state index in [2.05, 4.69) is 0 Å². The molecule has 0 radical (unpaired) electrons. The van der Waals surface area contributed by atoms with Crippen LogP contribution in [0.3, 0.4) is 0 Å². The predicted octanol–water partition coefficient (Wildman–Crippen LogP) is 5.85. The fourth-order valence-electron chi connectivity index (χ4n) is 2.89. The second kappa shape index (κ2) is 9.11. The third-order valence-electron chi connectivity index (χ3n) is 4.60. The average molecular weight is 453 g/mol. The van der Waals surface area contributed by atoms with Crippen LogP contribution in [0, 0.1) is 5.41 Å². The number of methoxy groups -OCH3 is 1. The van der Waals surface area contributed by atoms with Gasteiger partial charge >= 0.3 is 7.67 Å². The molecule has 6 nitrogen and oxygen atoms in total. The maximum Gasteiger partial charge on any atom is 0.394 e. The Hall–Kier alpha value is -1.85. The second-order valence-electron chi connectivity index (χ2n) is 8.41. The van der Waals surface area contributed by atoms with Crippen LogP contribution in [0.25, 0.3) is 11.1 Å². The SMILES string of the molecule is COc1ccc(-c2cc(Cl)cc(C(=O)C(C)(C)C)c2OP(=O)(N(C)C)N(C)C)cc1. The van der Waals surface area contributed by atoms with Crippen molar-refractivity contribution in [1.82, 2.24) is 9.34 Å². The van der Waals surface area contributed by atoms with Crippen molar-refractivity contribution < 1.29 is 18.6 Å². The monoisotopic (exact) mass is 452 g/mol. The molecule has 164 valence electrons. The summed E-state index contributed by atoms with van der Waals surface area (Å²) in [5.74, 6) is 0.788. The Labute approximate surface area is 184 Å². The minimum Gasteiger partial charge on any atom is -0.497 e. The summed E-state index contributed by atoms with van der Waals surface area (Å²) >= 11 is 6.40. The van der Waals surface area contributed by atoms with E-state index in [1.165, 1.54) is 9.34 Å². The Balaban J connectivity index is 2.82. The van der Waals surface area contributed by atoms with E-state index in [0.29, 0.717) is 21.9 Å². The molecular formula is C22H30ClN2O4P. The van der Waals surface area contributed by atoms with Gasteiger partial charge in [-0.3, -0.25) is 4.79 Å². The number of benzene rings is 2. The zero-order valence-corrected chi connectivity index (χ0v) is 20.5. The Kier molecular flexibility index (Phi) is 7.41.